The van der Waals surface area contributed by atoms with Crippen molar-refractivity contribution in [2.45, 2.75) is 0 Å². The standard InChI is InChI=1S/C7H5Br2ClFNO/c8-7-5(10)1-4(2-6(7)11)12-3-13-9/h1-2,12H,3H2. The van der Waals surface area contributed by atoms with Crippen LogP contribution in [-0.4, -0.2) is 6.73 Å². The summed E-state index contributed by atoms with van der Waals surface area (Å²) in [7, 11) is 0. The highest BCUT2D eigenvalue weighted by molar-refractivity contribution is 9.10. The maximum atomic E-state index is 13.0. The largest absolute Gasteiger partial charge is 0.362 e. The molecule has 1 N–H and O–H groups in total. The summed E-state index contributed by atoms with van der Waals surface area (Å²) in [6.45, 7) is 0.234. The van der Waals surface area contributed by atoms with Crippen LogP contribution in [0, 0.1) is 5.82 Å². The molecular weight excluding hydrogens is 328 g/mol. The number of halogens is 4. The van der Waals surface area contributed by atoms with Crippen LogP contribution >= 0.6 is 43.8 Å². The number of hydrogen-bond donors (Lipinski definition) is 1. The normalized spacial score (nSPS) is 10.2. The zero-order chi connectivity index (χ0) is 9.84. The first-order valence-corrected chi connectivity index (χ1v) is 5.09. The van der Waals surface area contributed by atoms with Crippen molar-refractivity contribution in [3.05, 3.63) is 27.4 Å². The average molecular weight is 333 g/mol. The van der Waals surface area contributed by atoms with Gasteiger partial charge >= 0.3 is 0 Å². The second kappa shape index (κ2) is 5.14. The first kappa shape index (κ1) is 11.2. The Bertz CT molecular complexity index is 288. The van der Waals surface area contributed by atoms with Crippen LogP contribution in [0.2, 0.25) is 5.02 Å². The average Bonchev–Trinajstić information content (AvgIpc) is 2.10. The maximum absolute atomic E-state index is 13.0. The molecule has 0 fully saturated rings. The van der Waals surface area contributed by atoms with Crippen LogP contribution in [0.4, 0.5) is 10.1 Å². The van der Waals surface area contributed by atoms with Crippen LogP contribution in [-0.2, 0) is 3.83 Å². The molecule has 1 aromatic carbocycles. The summed E-state index contributed by atoms with van der Waals surface area (Å²) >= 11 is 11.5. The monoisotopic (exact) mass is 331 g/mol. The van der Waals surface area contributed by atoms with E-state index in [2.05, 4.69) is 41.3 Å². The lowest BCUT2D eigenvalue weighted by Crippen LogP contribution is -2.00. The molecule has 0 spiro atoms. The maximum Gasteiger partial charge on any atom is 0.140 e. The molecule has 1 aromatic rings. The number of hydrogen-bond acceptors (Lipinski definition) is 2. The highest BCUT2D eigenvalue weighted by atomic mass is 79.9. The summed E-state index contributed by atoms with van der Waals surface area (Å²) in [5.41, 5.74) is 0.560. The minimum atomic E-state index is -0.412. The Balaban J connectivity index is 2.86. The van der Waals surface area contributed by atoms with E-state index in [4.69, 9.17) is 11.6 Å². The van der Waals surface area contributed by atoms with Gasteiger partial charge in [0.15, 0.2) is 0 Å². The molecule has 0 atom stereocenters. The minimum absolute atomic E-state index is 0.234. The first-order chi connectivity index (χ1) is 6.15. The molecule has 2 nitrogen and oxygen atoms in total. The van der Waals surface area contributed by atoms with Gasteiger partial charge in [-0.15, -0.1) is 0 Å². The number of nitrogens with one attached hydrogen (secondary N) is 1. The van der Waals surface area contributed by atoms with Gasteiger partial charge in [-0.05, 0) is 28.1 Å². The van der Waals surface area contributed by atoms with E-state index in [1.807, 2.05) is 0 Å². The third kappa shape index (κ3) is 3.09. The van der Waals surface area contributed by atoms with Gasteiger partial charge in [0.1, 0.15) is 28.8 Å². The fourth-order valence-corrected chi connectivity index (χ4v) is 1.32. The van der Waals surface area contributed by atoms with Gasteiger partial charge in [-0.2, -0.15) is 0 Å². The van der Waals surface area contributed by atoms with Gasteiger partial charge in [-0.25, -0.2) is 4.39 Å². The Morgan fingerprint density at radius 3 is 2.77 bits per heavy atom. The minimum Gasteiger partial charge on any atom is -0.362 e. The molecule has 0 unspecified atom stereocenters. The van der Waals surface area contributed by atoms with Crippen molar-refractivity contribution in [1.82, 2.24) is 0 Å². The van der Waals surface area contributed by atoms with E-state index in [1.165, 1.54) is 6.07 Å². The third-order valence-corrected chi connectivity index (χ3v) is 2.88. The van der Waals surface area contributed by atoms with Crippen LogP contribution in [0.3, 0.4) is 0 Å². The Labute approximate surface area is 97.0 Å². The third-order valence-electron chi connectivity index (χ3n) is 1.31. The first-order valence-electron chi connectivity index (χ1n) is 3.27. The van der Waals surface area contributed by atoms with Crippen LogP contribution in [0.15, 0.2) is 16.6 Å². The fraction of sp³-hybridized carbons (Fsp3) is 0.143. The summed E-state index contributed by atoms with van der Waals surface area (Å²) in [5, 5.41) is 3.11. The summed E-state index contributed by atoms with van der Waals surface area (Å²) in [4.78, 5) is 0. The van der Waals surface area contributed by atoms with Crippen molar-refractivity contribution in [3.63, 3.8) is 0 Å². The van der Waals surface area contributed by atoms with Crippen LogP contribution < -0.4 is 5.32 Å². The zero-order valence-corrected chi connectivity index (χ0v) is 10.2. The molecule has 0 saturated heterocycles. The van der Waals surface area contributed by atoms with Crippen LogP contribution in [0.1, 0.15) is 0 Å². The second-order valence-corrected chi connectivity index (χ2v) is 3.84. The molecule has 0 radical (unpaired) electrons. The molecular formula is C7H5Br2ClFNO. The van der Waals surface area contributed by atoms with Gasteiger partial charge in [-0.1, -0.05) is 11.6 Å². The van der Waals surface area contributed by atoms with Crippen LogP contribution in [0.25, 0.3) is 0 Å². The predicted molar refractivity (Wildman–Crippen MR) is 57.6 cm³/mol. The number of benzene rings is 1. The van der Waals surface area contributed by atoms with E-state index in [-0.39, 0.29) is 11.2 Å². The molecule has 0 aliphatic heterocycles. The van der Waals surface area contributed by atoms with Crippen molar-refractivity contribution >= 4 is 49.5 Å². The van der Waals surface area contributed by atoms with Gasteiger partial charge in [0.25, 0.3) is 0 Å². The van der Waals surface area contributed by atoms with Gasteiger partial charge in [0.2, 0.25) is 0 Å². The smallest absolute Gasteiger partial charge is 0.140 e. The molecule has 0 aliphatic carbocycles. The lowest BCUT2D eigenvalue weighted by Gasteiger charge is -2.05. The molecule has 0 aliphatic rings. The fourth-order valence-electron chi connectivity index (χ4n) is 0.768. The van der Waals surface area contributed by atoms with Gasteiger partial charge in [-0.3, -0.25) is 3.83 Å². The number of anilines is 1. The SMILES string of the molecule is Fc1cc(NCOBr)cc(Cl)c1Br. The Morgan fingerprint density at radius 1 is 1.54 bits per heavy atom. The molecule has 0 aromatic heterocycles. The van der Waals surface area contributed by atoms with Crippen LogP contribution in [0.5, 0.6) is 0 Å². The van der Waals surface area contributed by atoms with E-state index >= 15 is 0 Å². The topological polar surface area (TPSA) is 21.3 Å². The van der Waals surface area contributed by atoms with Crippen molar-refractivity contribution in [3.8, 4) is 0 Å². The van der Waals surface area contributed by atoms with Crippen molar-refractivity contribution in [1.29, 1.82) is 0 Å². The van der Waals surface area contributed by atoms with E-state index in [1.54, 1.807) is 6.07 Å². The molecule has 0 heterocycles. The summed E-state index contributed by atoms with van der Waals surface area (Å²) in [6.07, 6.45) is 0. The zero-order valence-electron chi connectivity index (χ0n) is 6.28. The lowest BCUT2D eigenvalue weighted by atomic mass is 10.3. The predicted octanol–water partition coefficient (Wildman–Crippen LogP) is 3.94. The Morgan fingerprint density at radius 2 is 2.23 bits per heavy atom. The summed E-state index contributed by atoms with van der Waals surface area (Å²) in [6, 6.07) is 2.92. The van der Waals surface area contributed by atoms with E-state index in [0.29, 0.717) is 10.7 Å². The van der Waals surface area contributed by atoms with Crippen molar-refractivity contribution in [2.24, 2.45) is 0 Å². The van der Waals surface area contributed by atoms with Crippen molar-refractivity contribution in [2.75, 3.05) is 12.0 Å². The van der Waals surface area contributed by atoms with Gasteiger partial charge in [0.05, 0.1) is 9.50 Å². The van der Waals surface area contributed by atoms with Crippen molar-refractivity contribution < 1.29 is 8.22 Å². The second-order valence-electron chi connectivity index (χ2n) is 2.18. The molecule has 0 amide bonds. The molecule has 1 rings (SSSR count). The highest BCUT2D eigenvalue weighted by Crippen LogP contribution is 2.28. The highest BCUT2D eigenvalue weighted by Gasteiger charge is 2.05. The number of rotatable bonds is 3. The lowest BCUT2D eigenvalue weighted by molar-refractivity contribution is 0.434. The molecule has 72 valence electrons. The molecule has 6 heteroatoms. The van der Waals surface area contributed by atoms with E-state index < -0.39 is 5.82 Å². The Kier molecular flexibility index (Phi) is 4.45. The van der Waals surface area contributed by atoms with Gasteiger partial charge in [0, 0.05) is 5.69 Å². The molecule has 0 bridgehead atoms. The molecule has 13 heavy (non-hydrogen) atoms. The quantitative estimate of drug-likeness (QED) is 0.668. The van der Waals surface area contributed by atoms with E-state index in [0.717, 1.165) is 0 Å². The Hall–Kier alpha value is 0.160. The molecule has 0 saturated carbocycles. The summed E-state index contributed by atoms with van der Waals surface area (Å²) < 4.78 is 17.9. The van der Waals surface area contributed by atoms with E-state index in [9.17, 15) is 4.39 Å². The summed E-state index contributed by atoms with van der Waals surface area (Å²) in [5.74, 6) is -0.412. The van der Waals surface area contributed by atoms with Gasteiger partial charge < -0.3 is 5.32 Å².